The Bertz CT molecular complexity index is 863. The van der Waals surface area contributed by atoms with Gasteiger partial charge in [0.1, 0.15) is 13.2 Å². The van der Waals surface area contributed by atoms with Crippen molar-refractivity contribution < 1.29 is 19.1 Å². The molecule has 0 aliphatic carbocycles. The van der Waals surface area contributed by atoms with Crippen LogP contribution in [0.2, 0.25) is 5.02 Å². The van der Waals surface area contributed by atoms with Crippen LogP contribution in [0, 0.1) is 0 Å². The Morgan fingerprint density at radius 2 is 1.69 bits per heavy atom. The Balaban J connectivity index is 1.65. The lowest BCUT2D eigenvalue weighted by Crippen LogP contribution is -2.16. The highest BCUT2D eigenvalue weighted by atomic mass is 35.5. The van der Waals surface area contributed by atoms with Crippen molar-refractivity contribution in [3.63, 3.8) is 0 Å². The molecule has 0 radical (unpaired) electrons. The molecule has 0 saturated carbocycles. The van der Waals surface area contributed by atoms with Gasteiger partial charge in [0.2, 0.25) is 11.8 Å². The van der Waals surface area contributed by atoms with E-state index >= 15 is 0 Å². The molecule has 0 unspecified atom stereocenters. The number of carbonyl (C=O) groups is 2. The van der Waals surface area contributed by atoms with Gasteiger partial charge in [0, 0.05) is 30.8 Å². The summed E-state index contributed by atoms with van der Waals surface area (Å²) in [7, 11) is 0. The van der Waals surface area contributed by atoms with Crippen LogP contribution in [0.3, 0.4) is 0 Å². The number of anilines is 2. The zero-order valence-corrected chi connectivity index (χ0v) is 14.8. The molecule has 7 heteroatoms. The summed E-state index contributed by atoms with van der Waals surface area (Å²) < 4.78 is 10.9. The number of nitrogens with one attached hydrogen (secondary N) is 2. The van der Waals surface area contributed by atoms with E-state index in [0.29, 0.717) is 41.1 Å². The molecule has 3 rings (SSSR count). The van der Waals surface area contributed by atoms with Crippen LogP contribution in [0.15, 0.2) is 42.5 Å². The van der Waals surface area contributed by atoms with E-state index in [-0.39, 0.29) is 11.8 Å². The largest absolute Gasteiger partial charge is 0.486 e. The van der Waals surface area contributed by atoms with Crippen LogP contribution in [-0.2, 0) is 9.59 Å². The maximum atomic E-state index is 12.1. The first-order valence-electron chi connectivity index (χ1n) is 7.97. The zero-order valence-electron chi connectivity index (χ0n) is 14.0. The molecule has 6 nitrogen and oxygen atoms in total. The number of ether oxygens (including phenoxy) is 2. The van der Waals surface area contributed by atoms with Gasteiger partial charge in [-0.15, -0.1) is 0 Å². The molecule has 134 valence electrons. The van der Waals surface area contributed by atoms with Crippen LogP contribution in [0.5, 0.6) is 11.5 Å². The zero-order chi connectivity index (χ0) is 18.5. The second-order valence-corrected chi connectivity index (χ2v) is 6.01. The van der Waals surface area contributed by atoms with Crippen LogP contribution in [0.4, 0.5) is 11.4 Å². The minimum absolute atomic E-state index is 0.135. The van der Waals surface area contributed by atoms with Gasteiger partial charge < -0.3 is 20.1 Å². The summed E-state index contributed by atoms with van der Waals surface area (Å²) in [4.78, 5) is 23.1. The summed E-state index contributed by atoms with van der Waals surface area (Å²) >= 11 is 6.17. The number of carbonyl (C=O) groups excluding carboxylic acids is 2. The van der Waals surface area contributed by atoms with Gasteiger partial charge in [0.05, 0.1) is 10.7 Å². The molecule has 1 aliphatic heterocycles. The maximum absolute atomic E-state index is 12.1. The fourth-order valence-corrected chi connectivity index (χ4v) is 2.59. The number of fused-ring (bicyclic) bond motifs is 1. The van der Waals surface area contributed by atoms with Gasteiger partial charge in [-0.3, -0.25) is 9.59 Å². The molecular formula is C19H17ClN2O4. The Morgan fingerprint density at radius 1 is 1.04 bits per heavy atom. The van der Waals surface area contributed by atoms with E-state index in [1.807, 2.05) is 0 Å². The van der Waals surface area contributed by atoms with Crippen molar-refractivity contribution in [3.05, 3.63) is 53.1 Å². The monoisotopic (exact) mass is 372 g/mol. The molecular weight excluding hydrogens is 356 g/mol. The summed E-state index contributed by atoms with van der Waals surface area (Å²) in [6.07, 6.45) is 3.07. The fraction of sp³-hybridized carbons (Fsp3) is 0.158. The normalized spacial score (nSPS) is 12.7. The van der Waals surface area contributed by atoms with Crippen LogP contribution in [0.1, 0.15) is 12.5 Å². The number of hydrogen-bond donors (Lipinski definition) is 2. The van der Waals surface area contributed by atoms with Crippen LogP contribution < -0.4 is 20.1 Å². The second kappa shape index (κ2) is 7.93. The van der Waals surface area contributed by atoms with E-state index in [9.17, 15) is 9.59 Å². The minimum Gasteiger partial charge on any atom is -0.486 e. The summed E-state index contributed by atoms with van der Waals surface area (Å²) in [5, 5.41) is 5.77. The lowest BCUT2D eigenvalue weighted by molar-refractivity contribution is -0.114. The Hall–Kier alpha value is -2.99. The third-order valence-corrected chi connectivity index (χ3v) is 3.86. The third kappa shape index (κ3) is 4.55. The Labute approximate surface area is 155 Å². The quantitative estimate of drug-likeness (QED) is 0.802. The minimum atomic E-state index is -0.325. The smallest absolute Gasteiger partial charge is 0.248 e. The van der Waals surface area contributed by atoms with Crippen LogP contribution in [-0.4, -0.2) is 25.0 Å². The molecule has 0 bridgehead atoms. The highest BCUT2D eigenvalue weighted by molar-refractivity contribution is 6.34. The van der Waals surface area contributed by atoms with Crippen molar-refractivity contribution in [2.75, 3.05) is 23.8 Å². The van der Waals surface area contributed by atoms with Crippen molar-refractivity contribution in [2.45, 2.75) is 6.92 Å². The first-order valence-corrected chi connectivity index (χ1v) is 8.35. The average molecular weight is 373 g/mol. The highest BCUT2D eigenvalue weighted by Crippen LogP contribution is 2.37. The second-order valence-electron chi connectivity index (χ2n) is 5.60. The van der Waals surface area contributed by atoms with E-state index in [2.05, 4.69) is 10.6 Å². The maximum Gasteiger partial charge on any atom is 0.248 e. The molecule has 2 aromatic carbocycles. The average Bonchev–Trinajstić information content (AvgIpc) is 2.61. The van der Waals surface area contributed by atoms with Crippen molar-refractivity contribution in [1.29, 1.82) is 0 Å². The lowest BCUT2D eigenvalue weighted by Gasteiger charge is -2.19. The van der Waals surface area contributed by atoms with Crippen LogP contribution in [0.25, 0.3) is 6.08 Å². The Kier molecular flexibility index (Phi) is 5.43. The van der Waals surface area contributed by atoms with E-state index in [0.717, 1.165) is 5.56 Å². The van der Waals surface area contributed by atoms with Gasteiger partial charge >= 0.3 is 0 Å². The fourth-order valence-electron chi connectivity index (χ4n) is 2.39. The van der Waals surface area contributed by atoms with Crippen molar-refractivity contribution in [1.82, 2.24) is 0 Å². The third-order valence-electron chi connectivity index (χ3n) is 3.55. The molecule has 0 aromatic heterocycles. The molecule has 2 N–H and O–H groups in total. The molecule has 26 heavy (non-hydrogen) atoms. The van der Waals surface area contributed by atoms with Gasteiger partial charge in [-0.25, -0.2) is 0 Å². The predicted octanol–water partition coefficient (Wildman–Crippen LogP) is 3.72. The standard InChI is InChI=1S/C19H17ClN2O4/c1-12(23)21-14-5-2-13(3-6-14)4-7-19(24)22-16-11-18-17(10-15(16)20)25-8-9-26-18/h2-7,10-11H,8-9H2,1H3,(H,21,23)(H,22,24). The lowest BCUT2D eigenvalue weighted by atomic mass is 10.2. The summed E-state index contributed by atoms with van der Waals surface area (Å²) in [5.41, 5.74) is 1.97. The number of hydrogen-bond acceptors (Lipinski definition) is 4. The molecule has 0 atom stereocenters. The first-order chi connectivity index (χ1) is 12.5. The van der Waals surface area contributed by atoms with E-state index in [1.54, 1.807) is 42.5 Å². The summed E-state index contributed by atoms with van der Waals surface area (Å²) in [5.74, 6) is 0.654. The number of halogens is 1. The van der Waals surface area contributed by atoms with Crippen molar-refractivity contribution in [2.24, 2.45) is 0 Å². The van der Waals surface area contributed by atoms with Gasteiger partial charge in [-0.2, -0.15) is 0 Å². The molecule has 2 amide bonds. The van der Waals surface area contributed by atoms with Gasteiger partial charge in [0.25, 0.3) is 0 Å². The number of benzene rings is 2. The molecule has 1 aliphatic rings. The number of rotatable bonds is 4. The molecule has 0 fully saturated rings. The summed E-state index contributed by atoms with van der Waals surface area (Å²) in [6.45, 7) is 2.37. The number of amides is 2. The van der Waals surface area contributed by atoms with Crippen molar-refractivity contribution >= 4 is 40.9 Å². The first kappa shape index (κ1) is 17.8. The predicted molar refractivity (Wildman–Crippen MR) is 101 cm³/mol. The van der Waals surface area contributed by atoms with Gasteiger partial charge in [0.15, 0.2) is 11.5 Å². The SMILES string of the molecule is CC(=O)Nc1ccc(C=CC(=O)Nc2cc3c(cc2Cl)OCCO3)cc1. The van der Waals surface area contributed by atoms with E-state index < -0.39 is 0 Å². The topological polar surface area (TPSA) is 76.7 Å². The van der Waals surface area contributed by atoms with Gasteiger partial charge in [-0.1, -0.05) is 23.7 Å². The van der Waals surface area contributed by atoms with E-state index in [1.165, 1.54) is 13.0 Å². The summed E-state index contributed by atoms with van der Waals surface area (Å²) in [6, 6.07) is 10.4. The molecule has 1 heterocycles. The van der Waals surface area contributed by atoms with Crippen LogP contribution >= 0.6 is 11.6 Å². The van der Waals surface area contributed by atoms with E-state index in [4.69, 9.17) is 21.1 Å². The highest BCUT2D eigenvalue weighted by Gasteiger charge is 2.15. The molecule has 0 saturated heterocycles. The Morgan fingerprint density at radius 3 is 2.35 bits per heavy atom. The van der Waals surface area contributed by atoms with Gasteiger partial charge in [-0.05, 0) is 23.8 Å². The van der Waals surface area contributed by atoms with Crippen molar-refractivity contribution in [3.8, 4) is 11.5 Å². The molecule has 0 spiro atoms. The molecule has 2 aromatic rings.